The second-order valence-corrected chi connectivity index (χ2v) is 6.91. The first kappa shape index (κ1) is 19.7. The van der Waals surface area contributed by atoms with Crippen LogP contribution in [-0.2, 0) is 36.9 Å². The number of anilines is 1. The van der Waals surface area contributed by atoms with Crippen LogP contribution in [0.1, 0.15) is 31.9 Å². The van der Waals surface area contributed by atoms with Gasteiger partial charge in [0.1, 0.15) is 5.60 Å². The molecular weight excluding hydrogens is 340 g/mol. The lowest BCUT2D eigenvalue weighted by molar-refractivity contribution is -0.156. The van der Waals surface area contributed by atoms with Crippen LogP contribution in [0.3, 0.4) is 0 Å². The molecule has 0 spiro atoms. The lowest BCUT2D eigenvalue weighted by Crippen LogP contribution is -2.37. The molecule has 8 nitrogen and oxygen atoms in total. The van der Waals surface area contributed by atoms with Gasteiger partial charge < -0.3 is 19.5 Å². The predicted octanol–water partition coefficient (Wildman–Crippen LogP) is 2.06. The molecule has 1 unspecified atom stereocenters. The Hall–Kier alpha value is -2.61. The van der Waals surface area contributed by atoms with Crippen molar-refractivity contribution < 1.29 is 28.6 Å². The highest BCUT2D eigenvalue weighted by molar-refractivity contribution is 6.07. The molecule has 142 valence electrons. The highest BCUT2D eigenvalue weighted by Gasteiger charge is 2.31. The Morgan fingerprint density at radius 1 is 1.15 bits per heavy atom. The van der Waals surface area contributed by atoms with Crippen molar-refractivity contribution in [2.24, 2.45) is 0 Å². The van der Waals surface area contributed by atoms with Gasteiger partial charge in [0.05, 0.1) is 13.7 Å². The van der Waals surface area contributed by atoms with Crippen LogP contribution in [0, 0.1) is 0 Å². The van der Waals surface area contributed by atoms with Gasteiger partial charge >= 0.3 is 12.1 Å². The Morgan fingerprint density at radius 2 is 1.85 bits per heavy atom. The lowest BCUT2D eigenvalue weighted by atomic mass is 10.1. The normalized spacial score (nSPS) is 14.4. The van der Waals surface area contributed by atoms with Gasteiger partial charge in [-0.15, -0.1) is 0 Å². The first-order chi connectivity index (χ1) is 12.2. The summed E-state index contributed by atoms with van der Waals surface area (Å²) in [4.78, 5) is 37.7. The van der Waals surface area contributed by atoms with E-state index in [1.165, 1.54) is 14.2 Å². The molecule has 2 rings (SSSR count). The fraction of sp³-hybridized carbons (Fsp3) is 0.500. The Balaban J connectivity index is 2.14. The van der Waals surface area contributed by atoms with Crippen LogP contribution in [0.15, 0.2) is 18.2 Å². The van der Waals surface area contributed by atoms with E-state index in [1.54, 1.807) is 37.8 Å². The smallest absolute Gasteiger partial charge is 0.410 e. The Labute approximate surface area is 152 Å². The summed E-state index contributed by atoms with van der Waals surface area (Å²) in [6.07, 6.45) is -1.78. The number of amides is 2. The number of nitrogens with zero attached hydrogens (tertiary/aromatic N) is 1. The molecule has 0 aromatic heterocycles. The van der Waals surface area contributed by atoms with E-state index in [2.05, 4.69) is 10.1 Å². The Kier molecular flexibility index (Phi) is 5.86. The van der Waals surface area contributed by atoms with Gasteiger partial charge in [0.25, 0.3) is 5.91 Å². The molecule has 8 heteroatoms. The number of benzene rings is 1. The Morgan fingerprint density at radius 3 is 2.42 bits per heavy atom. The van der Waals surface area contributed by atoms with Crippen molar-refractivity contribution in [3.63, 3.8) is 0 Å². The van der Waals surface area contributed by atoms with Crippen LogP contribution in [0.25, 0.3) is 0 Å². The number of hydrogen-bond donors (Lipinski definition) is 1. The zero-order chi connectivity index (χ0) is 19.5. The van der Waals surface area contributed by atoms with Crippen LogP contribution < -0.4 is 5.32 Å². The number of ether oxygens (including phenoxy) is 3. The van der Waals surface area contributed by atoms with Gasteiger partial charge in [0, 0.05) is 24.9 Å². The summed E-state index contributed by atoms with van der Waals surface area (Å²) in [5.74, 6) is -1.42. The maximum Gasteiger partial charge on any atom is 0.410 e. The number of hydrogen-bond acceptors (Lipinski definition) is 6. The van der Waals surface area contributed by atoms with Crippen molar-refractivity contribution in [3.05, 3.63) is 29.3 Å². The fourth-order valence-electron chi connectivity index (χ4n) is 2.61. The summed E-state index contributed by atoms with van der Waals surface area (Å²) in [7, 11) is 2.43. The second kappa shape index (κ2) is 7.74. The minimum Gasteiger partial charge on any atom is -0.467 e. The van der Waals surface area contributed by atoms with Crippen LogP contribution in [-0.4, -0.2) is 48.8 Å². The van der Waals surface area contributed by atoms with Gasteiger partial charge in [-0.25, -0.2) is 9.59 Å². The van der Waals surface area contributed by atoms with Gasteiger partial charge in [0.2, 0.25) is 6.10 Å². The molecule has 1 aromatic carbocycles. The molecule has 2 amide bonds. The summed E-state index contributed by atoms with van der Waals surface area (Å²) in [5, 5.41) is 2.67. The van der Waals surface area contributed by atoms with Crippen molar-refractivity contribution in [2.75, 3.05) is 19.5 Å². The summed E-state index contributed by atoms with van der Waals surface area (Å²) >= 11 is 0. The molecule has 0 saturated carbocycles. The SMILES string of the molecule is COC(=O)C(OC)C(=O)Nc1cccc2c1CN(C(=O)OC(C)(C)C)C2. The van der Waals surface area contributed by atoms with Gasteiger partial charge in [-0.05, 0) is 32.4 Å². The third-order valence-corrected chi connectivity index (χ3v) is 3.78. The van der Waals surface area contributed by atoms with E-state index in [-0.39, 0.29) is 0 Å². The number of rotatable bonds is 4. The minimum atomic E-state index is -1.36. The first-order valence-electron chi connectivity index (χ1n) is 8.16. The monoisotopic (exact) mass is 364 g/mol. The zero-order valence-electron chi connectivity index (χ0n) is 15.6. The van der Waals surface area contributed by atoms with Gasteiger partial charge in [-0.2, -0.15) is 0 Å². The summed E-state index contributed by atoms with van der Waals surface area (Å²) in [5.41, 5.74) is 1.63. The molecule has 0 fully saturated rings. The molecule has 26 heavy (non-hydrogen) atoms. The first-order valence-corrected chi connectivity index (χ1v) is 8.16. The minimum absolute atomic E-state index is 0.302. The highest BCUT2D eigenvalue weighted by Crippen LogP contribution is 2.30. The van der Waals surface area contributed by atoms with Crippen molar-refractivity contribution >= 4 is 23.7 Å². The van der Waals surface area contributed by atoms with E-state index in [1.807, 2.05) is 6.07 Å². The van der Waals surface area contributed by atoms with E-state index in [0.717, 1.165) is 11.1 Å². The number of esters is 1. The molecule has 1 heterocycles. The van der Waals surface area contributed by atoms with E-state index in [0.29, 0.717) is 18.8 Å². The summed E-state index contributed by atoms with van der Waals surface area (Å²) in [6.45, 7) is 6.10. The summed E-state index contributed by atoms with van der Waals surface area (Å²) in [6, 6.07) is 5.36. The van der Waals surface area contributed by atoms with Crippen molar-refractivity contribution in [2.45, 2.75) is 45.6 Å². The molecule has 1 N–H and O–H groups in total. The average Bonchev–Trinajstić information content (AvgIpc) is 2.99. The lowest BCUT2D eigenvalue weighted by Gasteiger charge is -2.24. The van der Waals surface area contributed by atoms with Gasteiger partial charge in [-0.1, -0.05) is 12.1 Å². The van der Waals surface area contributed by atoms with E-state index in [4.69, 9.17) is 9.47 Å². The highest BCUT2D eigenvalue weighted by atomic mass is 16.6. The van der Waals surface area contributed by atoms with Gasteiger partial charge in [-0.3, -0.25) is 9.69 Å². The van der Waals surface area contributed by atoms with E-state index in [9.17, 15) is 14.4 Å². The molecule has 1 aliphatic heterocycles. The largest absolute Gasteiger partial charge is 0.467 e. The number of nitrogens with one attached hydrogen (secondary N) is 1. The van der Waals surface area contributed by atoms with Crippen molar-refractivity contribution in [1.29, 1.82) is 0 Å². The van der Waals surface area contributed by atoms with Gasteiger partial charge in [0.15, 0.2) is 0 Å². The molecule has 0 radical (unpaired) electrons. The fourth-order valence-corrected chi connectivity index (χ4v) is 2.61. The van der Waals surface area contributed by atoms with E-state index >= 15 is 0 Å². The maximum atomic E-state index is 12.3. The average molecular weight is 364 g/mol. The predicted molar refractivity (Wildman–Crippen MR) is 93.4 cm³/mol. The molecule has 1 aromatic rings. The molecule has 0 bridgehead atoms. The quantitative estimate of drug-likeness (QED) is 0.649. The van der Waals surface area contributed by atoms with Crippen molar-refractivity contribution in [3.8, 4) is 0 Å². The topological polar surface area (TPSA) is 94.2 Å². The van der Waals surface area contributed by atoms with Crippen molar-refractivity contribution in [1.82, 2.24) is 4.90 Å². The molecule has 1 aliphatic rings. The number of carbonyl (C=O) groups excluding carboxylic acids is 3. The molecular formula is C18H24N2O6. The Bertz CT molecular complexity index is 710. The zero-order valence-corrected chi connectivity index (χ0v) is 15.6. The maximum absolute atomic E-state index is 12.3. The number of fused-ring (bicyclic) bond motifs is 1. The van der Waals surface area contributed by atoms with E-state index < -0.39 is 29.7 Å². The number of methoxy groups -OCH3 is 2. The molecule has 0 saturated heterocycles. The third-order valence-electron chi connectivity index (χ3n) is 3.78. The van der Waals surface area contributed by atoms with Crippen LogP contribution >= 0.6 is 0 Å². The third kappa shape index (κ3) is 4.51. The standard InChI is InChI=1S/C18H24N2O6/c1-18(2,3)26-17(23)20-9-11-7-6-8-13(12(11)10-20)19-15(21)14(24-4)16(22)25-5/h6-8,14H,9-10H2,1-5H3,(H,19,21). The van der Waals surface area contributed by atoms with Crippen LogP contribution in [0.2, 0.25) is 0 Å². The number of carbonyl (C=O) groups is 3. The molecule has 1 atom stereocenters. The van der Waals surface area contributed by atoms with Crippen LogP contribution in [0.5, 0.6) is 0 Å². The van der Waals surface area contributed by atoms with Crippen LogP contribution in [0.4, 0.5) is 10.5 Å². The summed E-state index contributed by atoms with van der Waals surface area (Å²) < 4.78 is 14.8. The second-order valence-electron chi connectivity index (χ2n) is 6.91. The molecule has 0 aliphatic carbocycles.